The minimum absolute atomic E-state index is 0.121. The molecule has 2 aromatic rings. The summed E-state index contributed by atoms with van der Waals surface area (Å²) in [7, 11) is 0. The van der Waals surface area contributed by atoms with Crippen molar-refractivity contribution in [3.8, 4) is 0 Å². The smallest absolute Gasteiger partial charge is 0.414 e. The van der Waals surface area contributed by atoms with Gasteiger partial charge in [0.15, 0.2) is 0 Å². The van der Waals surface area contributed by atoms with Crippen molar-refractivity contribution in [2.75, 3.05) is 44.2 Å². The average molecular weight is 550 g/mol. The zero-order valence-electron chi connectivity index (χ0n) is 19.3. The van der Waals surface area contributed by atoms with E-state index < -0.39 is 11.9 Å². The van der Waals surface area contributed by atoms with E-state index in [2.05, 4.69) is 45.1 Å². The SMILES string of the molecule is O=C(C1CCN(Cc2ccc(Br)cc2)CC1)N1CCN(c2ccccc2F)CC1.O=C(O)C(=O)O. The highest BCUT2D eigenvalue weighted by molar-refractivity contribution is 9.10. The monoisotopic (exact) mass is 549 g/mol. The zero-order chi connectivity index (χ0) is 25.4. The summed E-state index contributed by atoms with van der Waals surface area (Å²) in [5.74, 6) is -3.44. The zero-order valence-corrected chi connectivity index (χ0v) is 20.9. The predicted octanol–water partition coefficient (Wildman–Crippen LogP) is 3.30. The molecule has 0 bridgehead atoms. The van der Waals surface area contributed by atoms with E-state index in [1.165, 1.54) is 11.6 Å². The molecule has 0 atom stereocenters. The third-order valence-corrected chi connectivity index (χ3v) is 6.75. The maximum absolute atomic E-state index is 14.0. The van der Waals surface area contributed by atoms with Gasteiger partial charge in [-0.1, -0.05) is 40.2 Å². The lowest BCUT2D eigenvalue weighted by molar-refractivity contribution is -0.159. The van der Waals surface area contributed by atoms with Gasteiger partial charge < -0.3 is 20.0 Å². The molecule has 188 valence electrons. The molecule has 2 N–H and O–H groups in total. The Morgan fingerprint density at radius 3 is 1.97 bits per heavy atom. The van der Waals surface area contributed by atoms with E-state index in [9.17, 15) is 9.18 Å². The van der Waals surface area contributed by atoms with E-state index in [1.807, 2.05) is 21.9 Å². The summed E-state index contributed by atoms with van der Waals surface area (Å²) in [5, 5.41) is 14.8. The van der Waals surface area contributed by atoms with Gasteiger partial charge in [-0.25, -0.2) is 14.0 Å². The standard InChI is InChI=1S/C23H27BrFN3O.C2H2O4/c24-20-7-5-18(6-8-20)17-26-11-9-19(10-12-26)23(29)28-15-13-27(14-16-28)22-4-2-1-3-21(22)25;3-1(4)2(5)6/h1-8,19H,9-17H2;(H,3,4)(H,5,6). The fourth-order valence-electron chi connectivity index (χ4n) is 4.32. The van der Waals surface area contributed by atoms with Gasteiger partial charge >= 0.3 is 11.9 Å². The number of likely N-dealkylation sites (tertiary alicyclic amines) is 1. The van der Waals surface area contributed by atoms with Crippen LogP contribution in [0.5, 0.6) is 0 Å². The summed E-state index contributed by atoms with van der Waals surface area (Å²) in [6.45, 7) is 5.58. The molecule has 0 saturated carbocycles. The van der Waals surface area contributed by atoms with Crippen LogP contribution in [0.15, 0.2) is 53.0 Å². The van der Waals surface area contributed by atoms with Crippen LogP contribution in [-0.4, -0.2) is 77.1 Å². The molecule has 35 heavy (non-hydrogen) atoms. The highest BCUT2D eigenvalue weighted by Crippen LogP contribution is 2.24. The van der Waals surface area contributed by atoms with Gasteiger partial charge in [0, 0.05) is 43.1 Å². The summed E-state index contributed by atoms with van der Waals surface area (Å²) in [6.07, 6.45) is 1.84. The highest BCUT2D eigenvalue weighted by Gasteiger charge is 2.30. The van der Waals surface area contributed by atoms with Crippen LogP contribution in [-0.2, 0) is 20.9 Å². The molecule has 10 heteroatoms. The van der Waals surface area contributed by atoms with Crippen molar-refractivity contribution in [3.05, 3.63) is 64.4 Å². The molecule has 2 heterocycles. The maximum Gasteiger partial charge on any atom is 0.414 e. The van der Waals surface area contributed by atoms with Crippen molar-refractivity contribution in [2.24, 2.45) is 5.92 Å². The Balaban J connectivity index is 0.000000509. The number of carboxylic acids is 2. The first-order valence-electron chi connectivity index (χ1n) is 11.5. The molecule has 0 spiro atoms. The number of hydrogen-bond donors (Lipinski definition) is 2. The number of piperazine rings is 1. The number of amides is 1. The molecule has 2 fully saturated rings. The highest BCUT2D eigenvalue weighted by atomic mass is 79.9. The normalized spacial score (nSPS) is 16.9. The van der Waals surface area contributed by atoms with Crippen molar-refractivity contribution in [1.82, 2.24) is 9.80 Å². The fraction of sp³-hybridized carbons (Fsp3) is 0.400. The number of carbonyl (C=O) groups is 3. The topological polar surface area (TPSA) is 101 Å². The Hall–Kier alpha value is -2.98. The molecule has 4 rings (SSSR count). The van der Waals surface area contributed by atoms with Crippen LogP contribution < -0.4 is 4.90 Å². The minimum Gasteiger partial charge on any atom is -0.473 e. The molecular formula is C25H29BrFN3O5. The number of halogens is 2. The number of anilines is 1. The summed E-state index contributed by atoms with van der Waals surface area (Å²) in [4.78, 5) is 37.6. The minimum atomic E-state index is -1.82. The summed E-state index contributed by atoms with van der Waals surface area (Å²) in [5.41, 5.74) is 1.95. The van der Waals surface area contributed by atoms with E-state index >= 15 is 0 Å². The quantitative estimate of drug-likeness (QED) is 0.564. The second-order valence-electron chi connectivity index (χ2n) is 8.55. The van der Waals surface area contributed by atoms with Crippen LogP contribution in [0.1, 0.15) is 18.4 Å². The number of carboxylic acid groups (broad SMARTS) is 2. The predicted molar refractivity (Wildman–Crippen MR) is 133 cm³/mol. The Labute approximate surface area is 212 Å². The molecule has 8 nitrogen and oxygen atoms in total. The molecule has 0 unspecified atom stereocenters. The van der Waals surface area contributed by atoms with Gasteiger partial charge in [0.05, 0.1) is 5.69 Å². The Kier molecular flexibility index (Phi) is 9.62. The first kappa shape index (κ1) is 26.6. The summed E-state index contributed by atoms with van der Waals surface area (Å²) >= 11 is 3.48. The van der Waals surface area contributed by atoms with Crippen molar-refractivity contribution in [1.29, 1.82) is 0 Å². The van der Waals surface area contributed by atoms with E-state index in [0.29, 0.717) is 31.9 Å². The Bertz CT molecular complexity index is 1010. The van der Waals surface area contributed by atoms with Crippen molar-refractivity contribution in [2.45, 2.75) is 19.4 Å². The third kappa shape index (κ3) is 7.76. The molecule has 2 aromatic carbocycles. The van der Waals surface area contributed by atoms with Crippen LogP contribution in [0.4, 0.5) is 10.1 Å². The lowest BCUT2D eigenvalue weighted by Crippen LogP contribution is -2.51. The molecule has 1 amide bonds. The van der Waals surface area contributed by atoms with Gasteiger partial charge in [-0.15, -0.1) is 0 Å². The lowest BCUT2D eigenvalue weighted by atomic mass is 9.94. The Morgan fingerprint density at radius 1 is 0.857 bits per heavy atom. The first-order valence-corrected chi connectivity index (χ1v) is 12.2. The second kappa shape index (κ2) is 12.6. The number of hydrogen-bond acceptors (Lipinski definition) is 5. The number of carbonyl (C=O) groups excluding carboxylic acids is 1. The number of para-hydroxylation sites is 1. The van der Waals surface area contributed by atoms with E-state index in [1.54, 1.807) is 6.07 Å². The van der Waals surface area contributed by atoms with E-state index in [0.717, 1.165) is 36.9 Å². The Morgan fingerprint density at radius 2 is 1.43 bits per heavy atom. The van der Waals surface area contributed by atoms with Crippen LogP contribution >= 0.6 is 15.9 Å². The largest absolute Gasteiger partial charge is 0.473 e. The number of piperidine rings is 1. The van der Waals surface area contributed by atoms with Gasteiger partial charge in [0.1, 0.15) is 5.82 Å². The van der Waals surface area contributed by atoms with Crippen LogP contribution in [0, 0.1) is 11.7 Å². The first-order chi connectivity index (χ1) is 16.7. The molecule has 2 aliphatic heterocycles. The maximum atomic E-state index is 14.0. The van der Waals surface area contributed by atoms with Gasteiger partial charge in [0.25, 0.3) is 0 Å². The third-order valence-electron chi connectivity index (χ3n) is 6.22. The number of benzene rings is 2. The van der Waals surface area contributed by atoms with Crippen LogP contribution in [0.3, 0.4) is 0 Å². The number of rotatable bonds is 4. The van der Waals surface area contributed by atoms with Crippen molar-refractivity contribution in [3.63, 3.8) is 0 Å². The average Bonchev–Trinajstić information content (AvgIpc) is 2.86. The summed E-state index contributed by atoms with van der Waals surface area (Å²) in [6, 6.07) is 15.3. The second-order valence-corrected chi connectivity index (χ2v) is 9.47. The molecule has 0 aliphatic carbocycles. The molecular weight excluding hydrogens is 521 g/mol. The van der Waals surface area contributed by atoms with Crippen LogP contribution in [0.2, 0.25) is 0 Å². The number of nitrogens with zero attached hydrogens (tertiary/aromatic N) is 3. The van der Waals surface area contributed by atoms with Crippen molar-refractivity contribution < 1.29 is 29.0 Å². The lowest BCUT2D eigenvalue weighted by Gasteiger charge is -2.39. The van der Waals surface area contributed by atoms with Crippen molar-refractivity contribution >= 4 is 39.5 Å². The van der Waals surface area contributed by atoms with Gasteiger partial charge in [0.2, 0.25) is 5.91 Å². The molecule has 0 radical (unpaired) electrons. The molecule has 0 aromatic heterocycles. The fourth-order valence-corrected chi connectivity index (χ4v) is 4.58. The summed E-state index contributed by atoms with van der Waals surface area (Å²) < 4.78 is 15.1. The van der Waals surface area contributed by atoms with E-state index in [4.69, 9.17) is 19.8 Å². The molecule has 2 saturated heterocycles. The van der Waals surface area contributed by atoms with Crippen LogP contribution in [0.25, 0.3) is 0 Å². The molecule has 2 aliphatic rings. The van der Waals surface area contributed by atoms with Gasteiger partial charge in [-0.05, 0) is 55.8 Å². The van der Waals surface area contributed by atoms with E-state index in [-0.39, 0.29) is 17.6 Å². The van der Waals surface area contributed by atoms with Gasteiger partial charge in [-0.2, -0.15) is 0 Å². The number of aliphatic carboxylic acids is 2. The van der Waals surface area contributed by atoms with Gasteiger partial charge in [-0.3, -0.25) is 9.69 Å².